The Labute approximate surface area is 104 Å². The van der Waals surface area contributed by atoms with Crippen LogP contribution in [-0.2, 0) is 4.79 Å². The maximum Gasteiger partial charge on any atom is 0.244 e. The first-order chi connectivity index (χ1) is 8.68. The van der Waals surface area contributed by atoms with E-state index in [9.17, 15) is 9.18 Å². The van der Waals surface area contributed by atoms with Crippen molar-refractivity contribution in [1.82, 2.24) is 0 Å². The molecule has 0 saturated carbocycles. The van der Waals surface area contributed by atoms with E-state index in [-0.39, 0.29) is 5.69 Å². The Morgan fingerprint density at radius 3 is 2.28 bits per heavy atom. The number of hydrogen-bond acceptors (Lipinski definition) is 2. The van der Waals surface area contributed by atoms with E-state index in [4.69, 9.17) is 5.73 Å². The Kier molecular flexibility index (Phi) is 3.57. The van der Waals surface area contributed by atoms with Gasteiger partial charge in [0.05, 0.1) is 5.69 Å². The molecule has 2 rings (SSSR count). The molecule has 1 atom stereocenters. The first-order valence-electron chi connectivity index (χ1n) is 5.54. The second-order valence-corrected chi connectivity index (χ2v) is 3.87. The Bertz CT molecular complexity index is 543. The number of carbonyl (C=O) groups is 1. The molecule has 1 amide bonds. The van der Waals surface area contributed by atoms with E-state index < -0.39 is 17.8 Å². The van der Waals surface area contributed by atoms with Gasteiger partial charge in [-0.3, -0.25) is 4.79 Å². The van der Waals surface area contributed by atoms with Gasteiger partial charge in [-0.15, -0.1) is 0 Å². The minimum absolute atomic E-state index is 0.255. The van der Waals surface area contributed by atoms with Crippen molar-refractivity contribution in [2.75, 3.05) is 5.32 Å². The van der Waals surface area contributed by atoms with Gasteiger partial charge < -0.3 is 11.1 Å². The molecule has 0 saturated heterocycles. The van der Waals surface area contributed by atoms with Gasteiger partial charge >= 0.3 is 0 Å². The first kappa shape index (κ1) is 12.1. The summed E-state index contributed by atoms with van der Waals surface area (Å²) in [5.41, 5.74) is 6.30. The quantitative estimate of drug-likeness (QED) is 0.868. The normalized spacial score (nSPS) is 11.8. The van der Waals surface area contributed by atoms with Crippen molar-refractivity contribution in [3.8, 4) is 0 Å². The number of hydrogen-bond donors (Lipinski definition) is 2. The summed E-state index contributed by atoms with van der Waals surface area (Å²) in [5.74, 6) is -0.968. The fourth-order valence-electron chi connectivity index (χ4n) is 1.70. The van der Waals surface area contributed by atoms with Gasteiger partial charge in [0, 0.05) is 0 Å². The van der Waals surface area contributed by atoms with E-state index in [2.05, 4.69) is 5.32 Å². The lowest BCUT2D eigenvalue weighted by molar-refractivity contribution is -0.118. The van der Waals surface area contributed by atoms with Gasteiger partial charge in [0.2, 0.25) is 5.91 Å². The minimum atomic E-state index is -0.747. The second-order valence-electron chi connectivity index (χ2n) is 3.87. The number of para-hydroxylation sites is 1. The third kappa shape index (κ3) is 2.66. The van der Waals surface area contributed by atoms with Gasteiger partial charge in [-0.2, -0.15) is 0 Å². The molecule has 4 heteroatoms. The molecule has 2 aromatic rings. The Balaban J connectivity index is 2.28. The summed E-state index contributed by atoms with van der Waals surface area (Å²) in [4.78, 5) is 11.5. The third-order valence-electron chi connectivity index (χ3n) is 2.59. The van der Waals surface area contributed by atoms with Crippen LogP contribution in [0.25, 0.3) is 0 Å². The molecule has 1 unspecified atom stereocenters. The highest BCUT2D eigenvalue weighted by atomic mass is 19.1. The van der Waals surface area contributed by atoms with E-state index in [1.807, 2.05) is 6.07 Å². The van der Waals surface area contributed by atoms with Crippen LogP contribution in [0.3, 0.4) is 0 Å². The van der Waals surface area contributed by atoms with E-state index in [0.29, 0.717) is 5.56 Å². The van der Waals surface area contributed by atoms with Crippen LogP contribution in [0, 0.1) is 5.82 Å². The zero-order valence-electron chi connectivity index (χ0n) is 9.64. The fourth-order valence-corrected chi connectivity index (χ4v) is 1.70. The average molecular weight is 244 g/mol. The summed E-state index contributed by atoms with van der Waals surface area (Å²) in [7, 11) is 0. The number of nitrogens with one attached hydrogen (secondary N) is 1. The number of anilines is 1. The maximum atomic E-state index is 13.5. The van der Waals surface area contributed by atoms with Gasteiger partial charge in [0.1, 0.15) is 11.9 Å². The molecule has 3 N–H and O–H groups in total. The van der Waals surface area contributed by atoms with Crippen molar-refractivity contribution < 1.29 is 9.18 Å². The van der Waals surface area contributed by atoms with Crippen LogP contribution in [0.15, 0.2) is 54.6 Å². The van der Waals surface area contributed by atoms with Crippen molar-refractivity contribution in [3.63, 3.8) is 0 Å². The van der Waals surface area contributed by atoms with Crippen LogP contribution in [0.5, 0.6) is 0 Å². The van der Waals surface area contributed by atoms with E-state index in [1.165, 1.54) is 6.07 Å². The fraction of sp³-hybridized carbons (Fsp3) is 0.0714. The Hall–Kier alpha value is -2.36. The molecule has 0 aromatic heterocycles. The number of nitrogens with two attached hydrogens (primary N) is 1. The second kappa shape index (κ2) is 5.31. The van der Waals surface area contributed by atoms with Crippen molar-refractivity contribution in [2.45, 2.75) is 6.04 Å². The molecule has 3 nitrogen and oxygen atoms in total. The number of amides is 1. The average Bonchev–Trinajstić information content (AvgIpc) is 2.38. The number of halogens is 1. The van der Waals surface area contributed by atoms with Gasteiger partial charge in [-0.25, -0.2) is 4.39 Å². The van der Waals surface area contributed by atoms with Crippen molar-refractivity contribution in [1.29, 1.82) is 0 Å². The summed E-state index contributed by atoms with van der Waals surface area (Å²) < 4.78 is 13.5. The highest BCUT2D eigenvalue weighted by molar-refractivity contribution is 5.84. The zero-order valence-corrected chi connectivity index (χ0v) is 9.64. The van der Waals surface area contributed by atoms with Crippen LogP contribution in [0.2, 0.25) is 0 Å². The monoisotopic (exact) mass is 244 g/mol. The maximum absolute atomic E-state index is 13.5. The van der Waals surface area contributed by atoms with Crippen molar-refractivity contribution >= 4 is 11.6 Å². The Morgan fingerprint density at radius 2 is 1.67 bits per heavy atom. The molecule has 0 radical (unpaired) electrons. The van der Waals surface area contributed by atoms with Crippen LogP contribution < -0.4 is 11.1 Å². The van der Waals surface area contributed by atoms with Gasteiger partial charge in [-0.1, -0.05) is 42.5 Å². The molecule has 0 heterocycles. The molecule has 0 bridgehead atoms. The van der Waals surface area contributed by atoms with E-state index in [0.717, 1.165) is 0 Å². The van der Waals surface area contributed by atoms with Crippen LogP contribution in [0.1, 0.15) is 11.6 Å². The van der Waals surface area contributed by atoms with E-state index >= 15 is 0 Å². The van der Waals surface area contributed by atoms with Gasteiger partial charge in [-0.05, 0) is 17.7 Å². The molecule has 0 aliphatic heterocycles. The molecule has 0 aliphatic rings. The molecular formula is C14H13FN2O. The highest BCUT2D eigenvalue weighted by Crippen LogP contribution is 2.21. The number of carbonyl (C=O) groups excluding carboxylic acids is 1. The summed E-state index contributed by atoms with van der Waals surface area (Å²) in [6, 6.07) is 14.4. The predicted molar refractivity (Wildman–Crippen MR) is 68.4 cm³/mol. The molecule has 0 fully saturated rings. The topological polar surface area (TPSA) is 55.1 Å². The largest absolute Gasteiger partial charge is 0.368 e. The standard InChI is InChI=1S/C14H13FN2O/c15-11-8-4-5-9-12(11)17-13(14(16)18)10-6-2-1-3-7-10/h1-9,13,17H,(H2,16,18). The molecule has 18 heavy (non-hydrogen) atoms. The molecule has 0 spiro atoms. The lowest BCUT2D eigenvalue weighted by atomic mass is 10.1. The smallest absolute Gasteiger partial charge is 0.244 e. The summed E-state index contributed by atoms with van der Waals surface area (Å²) in [5, 5.41) is 2.81. The van der Waals surface area contributed by atoms with Gasteiger partial charge in [0.15, 0.2) is 0 Å². The SMILES string of the molecule is NC(=O)C(Nc1ccccc1F)c1ccccc1. The molecule has 92 valence electrons. The number of rotatable bonds is 4. The lowest BCUT2D eigenvalue weighted by Crippen LogP contribution is -2.28. The molecular weight excluding hydrogens is 231 g/mol. The molecule has 0 aliphatic carbocycles. The lowest BCUT2D eigenvalue weighted by Gasteiger charge is -2.17. The van der Waals surface area contributed by atoms with Crippen LogP contribution in [0.4, 0.5) is 10.1 Å². The van der Waals surface area contributed by atoms with Crippen LogP contribution >= 0.6 is 0 Å². The third-order valence-corrected chi connectivity index (χ3v) is 2.59. The number of primary amides is 1. The Morgan fingerprint density at radius 1 is 1.06 bits per heavy atom. The predicted octanol–water partition coefficient (Wildman–Crippen LogP) is 2.46. The molecule has 2 aromatic carbocycles. The van der Waals surface area contributed by atoms with E-state index in [1.54, 1.807) is 42.5 Å². The van der Waals surface area contributed by atoms with Crippen molar-refractivity contribution in [3.05, 3.63) is 66.0 Å². The van der Waals surface area contributed by atoms with Crippen LogP contribution in [-0.4, -0.2) is 5.91 Å². The zero-order chi connectivity index (χ0) is 13.0. The number of benzene rings is 2. The summed E-state index contributed by atoms with van der Waals surface area (Å²) >= 11 is 0. The summed E-state index contributed by atoms with van der Waals surface area (Å²) in [6.07, 6.45) is 0. The van der Waals surface area contributed by atoms with Gasteiger partial charge in [0.25, 0.3) is 0 Å². The van der Waals surface area contributed by atoms with Crippen molar-refractivity contribution in [2.24, 2.45) is 5.73 Å². The first-order valence-corrected chi connectivity index (χ1v) is 5.54. The minimum Gasteiger partial charge on any atom is -0.368 e. The highest BCUT2D eigenvalue weighted by Gasteiger charge is 2.18. The summed E-state index contributed by atoms with van der Waals surface area (Å²) in [6.45, 7) is 0.